The Balaban J connectivity index is 2.18. The van der Waals surface area contributed by atoms with Gasteiger partial charge in [-0.15, -0.1) is 0 Å². The quantitative estimate of drug-likeness (QED) is 0.467. The SMILES string of the molecule is O=c1nc2n(c3ncccc13)Cc1ccccc1-2. The van der Waals surface area contributed by atoms with Gasteiger partial charge >= 0.3 is 0 Å². The fourth-order valence-corrected chi connectivity index (χ4v) is 2.50. The summed E-state index contributed by atoms with van der Waals surface area (Å²) >= 11 is 0. The second-order valence-corrected chi connectivity index (χ2v) is 4.36. The van der Waals surface area contributed by atoms with Crippen molar-refractivity contribution >= 4 is 11.0 Å². The van der Waals surface area contributed by atoms with E-state index in [0.717, 1.165) is 17.9 Å². The summed E-state index contributed by atoms with van der Waals surface area (Å²) in [6.45, 7) is 0.728. The highest BCUT2D eigenvalue weighted by Crippen LogP contribution is 2.30. The number of fused-ring (bicyclic) bond motifs is 5. The summed E-state index contributed by atoms with van der Waals surface area (Å²) in [4.78, 5) is 20.5. The maximum atomic E-state index is 12.0. The molecule has 0 amide bonds. The van der Waals surface area contributed by atoms with Crippen molar-refractivity contribution in [2.45, 2.75) is 6.54 Å². The fraction of sp³-hybridized carbons (Fsp3) is 0.0714. The predicted molar refractivity (Wildman–Crippen MR) is 68.3 cm³/mol. The molecular weight excluding hydrogens is 226 g/mol. The zero-order valence-electron chi connectivity index (χ0n) is 9.50. The molecular formula is C14H9N3O. The Morgan fingerprint density at radius 1 is 1.11 bits per heavy atom. The van der Waals surface area contributed by atoms with Gasteiger partial charge in [0, 0.05) is 11.8 Å². The van der Waals surface area contributed by atoms with Crippen molar-refractivity contribution in [2.24, 2.45) is 0 Å². The zero-order valence-corrected chi connectivity index (χ0v) is 9.50. The van der Waals surface area contributed by atoms with Crippen LogP contribution >= 0.6 is 0 Å². The van der Waals surface area contributed by atoms with Gasteiger partial charge in [0.15, 0.2) is 0 Å². The van der Waals surface area contributed by atoms with Gasteiger partial charge in [-0.1, -0.05) is 24.3 Å². The van der Waals surface area contributed by atoms with E-state index < -0.39 is 0 Å². The molecule has 0 fully saturated rings. The number of hydrogen-bond donors (Lipinski definition) is 0. The minimum Gasteiger partial charge on any atom is -0.305 e. The highest BCUT2D eigenvalue weighted by Gasteiger charge is 2.21. The van der Waals surface area contributed by atoms with Crippen LogP contribution < -0.4 is 5.56 Å². The first-order chi connectivity index (χ1) is 8.84. The minimum absolute atomic E-state index is 0.207. The fourth-order valence-electron chi connectivity index (χ4n) is 2.50. The van der Waals surface area contributed by atoms with Gasteiger partial charge in [-0.2, -0.15) is 4.98 Å². The summed E-state index contributed by atoms with van der Waals surface area (Å²) in [5.41, 5.74) is 2.72. The molecule has 0 bridgehead atoms. The first-order valence-corrected chi connectivity index (χ1v) is 5.78. The average Bonchev–Trinajstić information content (AvgIpc) is 2.78. The van der Waals surface area contributed by atoms with E-state index in [2.05, 4.69) is 16.0 Å². The molecule has 1 aliphatic heterocycles. The Labute approximate surface area is 103 Å². The third-order valence-electron chi connectivity index (χ3n) is 3.32. The van der Waals surface area contributed by atoms with Gasteiger partial charge in [0.2, 0.25) is 0 Å². The maximum absolute atomic E-state index is 12.0. The molecule has 0 spiro atoms. The number of benzene rings is 1. The molecule has 4 nitrogen and oxygen atoms in total. The van der Waals surface area contributed by atoms with Crippen LogP contribution in [0.4, 0.5) is 0 Å². The van der Waals surface area contributed by atoms with E-state index in [9.17, 15) is 4.79 Å². The van der Waals surface area contributed by atoms with E-state index in [4.69, 9.17) is 0 Å². The molecule has 4 rings (SSSR count). The van der Waals surface area contributed by atoms with Crippen LogP contribution in [0.25, 0.3) is 22.4 Å². The Kier molecular flexibility index (Phi) is 1.73. The lowest BCUT2D eigenvalue weighted by Gasteiger charge is -2.06. The standard InChI is InChI=1S/C14H9N3O/c18-14-11-6-3-7-15-12(11)17-8-9-4-1-2-5-10(9)13(17)16-14/h1-7H,8H2. The highest BCUT2D eigenvalue weighted by atomic mass is 16.1. The van der Waals surface area contributed by atoms with Gasteiger partial charge < -0.3 is 4.57 Å². The van der Waals surface area contributed by atoms with Crippen molar-refractivity contribution in [2.75, 3.05) is 0 Å². The number of aromatic nitrogens is 3. The van der Waals surface area contributed by atoms with Gasteiger partial charge in [-0.05, 0) is 17.7 Å². The second kappa shape index (κ2) is 3.26. The highest BCUT2D eigenvalue weighted by molar-refractivity contribution is 5.79. The Morgan fingerprint density at radius 3 is 2.94 bits per heavy atom. The van der Waals surface area contributed by atoms with Crippen LogP contribution in [0.5, 0.6) is 0 Å². The molecule has 3 aromatic rings. The van der Waals surface area contributed by atoms with E-state index in [0.29, 0.717) is 11.0 Å². The summed E-state index contributed by atoms with van der Waals surface area (Å²) in [7, 11) is 0. The summed E-state index contributed by atoms with van der Waals surface area (Å²) < 4.78 is 2.00. The smallest absolute Gasteiger partial charge is 0.282 e. The molecule has 0 N–H and O–H groups in total. The largest absolute Gasteiger partial charge is 0.305 e. The molecule has 0 aliphatic carbocycles. The van der Waals surface area contributed by atoms with Gasteiger partial charge in [0.25, 0.3) is 5.56 Å². The van der Waals surface area contributed by atoms with Crippen LogP contribution in [0.2, 0.25) is 0 Å². The normalized spacial score (nSPS) is 12.4. The molecule has 0 saturated carbocycles. The molecule has 2 aromatic heterocycles. The third-order valence-corrected chi connectivity index (χ3v) is 3.32. The van der Waals surface area contributed by atoms with E-state index >= 15 is 0 Å². The van der Waals surface area contributed by atoms with E-state index in [-0.39, 0.29) is 5.56 Å². The first-order valence-electron chi connectivity index (χ1n) is 5.78. The summed E-state index contributed by atoms with van der Waals surface area (Å²) in [6.07, 6.45) is 1.71. The average molecular weight is 235 g/mol. The van der Waals surface area contributed by atoms with Crippen LogP contribution in [-0.4, -0.2) is 14.5 Å². The van der Waals surface area contributed by atoms with E-state index in [1.807, 2.05) is 22.8 Å². The molecule has 1 aliphatic rings. The van der Waals surface area contributed by atoms with Crippen LogP contribution in [-0.2, 0) is 6.54 Å². The Hall–Kier alpha value is -2.49. The third kappa shape index (κ3) is 1.12. The minimum atomic E-state index is -0.207. The molecule has 86 valence electrons. The molecule has 3 heterocycles. The van der Waals surface area contributed by atoms with Crippen molar-refractivity contribution in [1.29, 1.82) is 0 Å². The lowest BCUT2D eigenvalue weighted by molar-refractivity contribution is 0.839. The van der Waals surface area contributed by atoms with Crippen LogP contribution in [0.3, 0.4) is 0 Å². The van der Waals surface area contributed by atoms with Crippen molar-refractivity contribution in [1.82, 2.24) is 14.5 Å². The van der Waals surface area contributed by atoms with E-state index in [1.165, 1.54) is 5.56 Å². The lowest BCUT2D eigenvalue weighted by atomic mass is 10.1. The topological polar surface area (TPSA) is 47.8 Å². The van der Waals surface area contributed by atoms with Crippen molar-refractivity contribution in [3.8, 4) is 11.4 Å². The van der Waals surface area contributed by atoms with Crippen LogP contribution in [0.15, 0.2) is 47.4 Å². The summed E-state index contributed by atoms with van der Waals surface area (Å²) in [5.74, 6) is 0.724. The second-order valence-electron chi connectivity index (χ2n) is 4.36. The monoisotopic (exact) mass is 235 g/mol. The Bertz CT molecular complexity index is 836. The van der Waals surface area contributed by atoms with Gasteiger partial charge in [-0.25, -0.2) is 4.98 Å². The number of hydrogen-bond acceptors (Lipinski definition) is 3. The van der Waals surface area contributed by atoms with Gasteiger partial charge in [-0.3, -0.25) is 4.79 Å². The van der Waals surface area contributed by atoms with Crippen LogP contribution in [0.1, 0.15) is 5.56 Å². The van der Waals surface area contributed by atoms with Gasteiger partial charge in [0.1, 0.15) is 11.5 Å². The molecule has 0 unspecified atom stereocenters. The summed E-state index contributed by atoms with van der Waals surface area (Å²) in [6, 6.07) is 11.6. The Morgan fingerprint density at radius 2 is 2.00 bits per heavy atom. The zero-order chi connectivity index (χ0) is 12.1. The molecule has 18 heavy (non-hydrogen) atoms. The molecule has 0 saturated heterocycles. The maximum Gasteiger partial charge on any atom is 0.282 e. The molecule has 0 atom stereocenters. The van der Waals surface area contributed by atoms with E-state index in [1.54, 1.807) is 18.3 Å². The first kappa shape index (κ1) is 9.53. The molecule has 1 aromatic carbocycles. The lowest BCUT2D eigenvalue weighted by Crippen LogP contribution is -2.14. The van der Waals surface area contributed by atoms with Crippen molar-refractivity contribution < 1.29 is 0 Å². The number of nitrogens with zero attached hydrogens (tertiary/aromatic N) is 3. The molecule has 0 radical (unpaired) electrons. The van der Waals surface area contributed by atoms with Crippen LogP contribution in [0, 0.1) is 0 Å². The predicted octanol–water partition coefficient (Wildman–Crippen LogP) is 1.82. The van der Waals surface area contributed by atoms with Crippen molar-refractivity contribution in [3.05, 3.63) is 58.5 Å². The number of rotatable bonds is 0. The molecule has 4 heteroatoms. The summed E-state index contributed by atoms with van der Waals surface area (Å²) in [5, 5.41) is 0.578. The van der Waals surface area contributed by atoms with Gasteiger partial charge in [0.05, 0.1) is 11.9 Å². The number of pyridine rings is 1. The van der Waals surface area contributed by atoms with Crippen molar-refractivity contribution in [3.63, 3.8) is 0 Å².